The van der Waals surface area contributed by atoms with E-state index in [1.807, 2.05) is 6.20 Å². The molecule has 0 aliphatic carbocycles. The molecule has 5 heteroatoms. The molecule has 1 aromatic heterocycles. The topological polar surface area (TPSA) is 45.2 Å². The molecule has 0 unspecified atom stereocenters. The van der Waals surface area contributed by atoms with Crippen molar-refractivity contribution in [1.29, 1.82) is 0 Å². The summed E-state index contributed by atoms with van der Waals surface area (Å²) in [5.74, 6) is 3.20. The lowest BCUT2D eigenvalue weighted by Gasteiger charge is -2.27. The van der Waals surface area contributed by atoms with Gasteiger partial charge in [0.15, 0.2) is 0 Å². The molecule has 1 aliphatic heterocycles. The second-order valence-corrected chi connectivity index (χ2v) is 7.08. The minimum Gasteiger partial charge on any atom is -0.355 e. The van der Waals surface area contributed by atoms with E-state index >= 15 is 0 Å². The second-order valence-electron chi connectivity index (χ2n) is 5.38. The van der Waals surface area contributed by atoms with Gasteiger partial charge in [-0.3, -0.25) is 4.21 Å². The third kappa shape index (κ3) is 4.58. The van der Waals surface area contributed by atoms with E-state index in [2.05, 4.69) is 41.2 Å². The van der Waals surface area contributed by atoms with Gasteiger partial charge in [0.2, 0.25) is 0 Å². The molecule has 0 saturated carbocycles. The third-order valence-electron chi connectivity index (χ3n) is 3.19. The van der Waals surface area contributed by atoms with E-state index in [0.717, 1.165) is 43.5 Å². The fraction of sp³-hybridized carbons (Fsp3) is 0.643. The maximum atomic E-state index is 11.3. The van der Waals surface area contributed by atoms with Crippen LogP contribution in [-0.2, 0) is 17.3 Å². The van der Waals surface area contributed by atoms with Crippen LogP contribution < -0.4 is 10.2 Å². The summed E-state index contributed by atoms with van der Waals surface area (Å²) in [5.41, 5.74) is 1.21. The predicted molar refractivity (Wildman–Crippen MR) is 80.9 cm³/mol. The molecule has 0 bridgehead atoms. The van der Waals surface area contributed by atoms with Gasteiger partial charge in [-0.2, -0.15) is 0 Å². The minimum absolute atomic E-state index is 0.627. The summed E-state index contributed by atoms with van der Waals surface area (Å²) in [4.78, 5) is 6.73. The SMILES string of the molecule is CC(C)CNCc1ccc(N2CCS(=O)CC2)nc1. The summed E-state index contributed by atoms with van der Waals surface area (Å²) in [7, 11) is -0.627. The van der Waals surface area contributed by atoms with Gasteiger partial charge in [0, 0.05) is 48.1 Å². The van der Waals surface area contributed by atoms with Crippen molar-refractivity contribution in [2.24, 2.45) is 5.92 Å². The Labute approximate surface area is 118 Å². The van der Waals surface area contributed by atoms with Gasteiger partial charge in [-0.15, -0.1) is 0 Å². The minimum atomic E-state index is -0.627. The Hall–Kier alpha value is -0.940. The maximum absolute atomic E-state index is 11.3. The average Bonchev–Trinajstić information content (AvgIpc) is 2.40. The predicted octanol–water partition coefficient (Wildman–Crippen LogP) is 1.40. The van der Waals surface area contributed by atoms with Crippen molar-refractivity contribution in [1.82, 2.24) is 10.3 Å². The van der Waals surface area contributed by atoms with E-state index < -0.39 is 10.8 Å². The lowest BCUT2D eigenvalue weighted by molar-refractivity contribution is 0.552. The highest BCUT2D eigenvalue weighted by atomic mass is 32.2. The van der Waals surface area contributed by atoms with Gasteiger partial charge >= 0.3 is 0 Å². The summed E-state index contributed by atoms with van der Waals surface area (Å²) in [6.07, 6.45) is 1.94. The lowest BCUT2D eigenvalue weighted by atomic mass is 10.2. The van der Waals surface area contributed by atoms with Crippen molar-refractivity contribution < 1.29 is 4.21 Å². The van der Waals surface area contributed by atoms with E-state index in [1.165, 1.54) is 5.56 Å². The second kappa shape index (κ2) is 7.01. The number of aromatic nitrogens is 1. The van der Waals surface area contributed by atoms with Crippen LogP contribution in [0.2, 0.25) is 0 Å². The van der Waals surface area contributed by atoms with E-state index in [1.54, 1.807) is 0 Å². The number of hydrogen-bond acceptors (Lipinski definition) is 4. The number of hydrogen-bond donors (Lipinski definition) is 1. The Kier molecular flexibility index (Phi) is 5.34. The summed E-state index contributed by atoms with van der Waals surface area (Å²) in [6.45, 7) is 8.01. The van der Waals surface area contributed by atoms with E-state index in [-0.39, 0.29) is 0 Å². The van der Waals surface area contributed by atoms with Crippen molar-refractivity contribution in [3.05, 3.63) is 23.9 Å². The van der Waals surface area contributed by atoms with Crippen LogP contribution in [0.25, 0.3) is 0 Å². The Morgan fingerprint density at radius 2 is 2.11 bits per heavy atom. The molecule has 2 heterocycles. The molecule has 0 atom stereocenters. The highest BCUT2D eigenvalue weighted by Crippen LogP contribution is 2.13. The van der Waals surface area contributed by atoms with Crippen molar-refractivity contribution >= 4 is 16.6 Å². The van der Waals surface area contributed by atoms with Crippen LogP contribution >= 0.6 is 0 Å². The Balaban J connectivity index is 1.85. The molecule has 106 valence electrons. The Morgan fingerprint density at radius 3 is 2.68 bits per heavy atom. The number of pyridine rings is 1. The number of nitrogens with zero attached hydrogens (tertiary/aromatic N) is 2. The normalized spacial score (nSPS) is 17.1. The fourth-order valence-electron chi connectivity index (χ4n) is 2.08. The highest BCUT2D eigenvalue weighted by molar-refractivity contribution is 7.85. The first kappa shape index (κ1) is 14.5. The molecule has 2 rings (SSSR count). The van der Waals surface area contributed by atoms with Gasteiger partial charge in [-0.05, 0) is 24.1 Å². The molecule has 1 N–H and O–H groups in total. The molecule has 1 fully saturated rings. The van der Waals surface area contributed by atoms with Gasteiger partial charge in [0.1, 0.15) is 5.82 Å². The van der Waals surface area contributed by atoms with E-state index in [9.17, 15) is 4.21 Å². The zero-order valence-electron chi connectivity index (χ0n) is 11.8. The molecule has 1 aromatic rings. The van der Waals surface area contributed by atoms with Crippen molar-refractivity contribution in [3.63, 3.8) is 0 Å². The number of anilines is 1. The summed E-state index contributed by atoms with van der Waals surface area (Å²) in [6, 6.07) is 4.20. The molecule has 19 heavy (non-hydrogen) atoms. The highest BCUT2D eigenvalue weighted by Gasteiger charge is 2.16. The number of nitrogens with one attached hydrogen (secondary N) is 1. The fourth-order valence-corrected chi connectivity index (χ4v) is 3.13. The van der Waals surface area contributed by atoms with Crippen molar-refractivity contribution in [2.75, 3.05) is 36.0 Å². The first-order chi connectivity index (χ1) is 9.15. The quantitative estimate of drug-likeness (QED) is 0.886. The smallest absolute Gasteiger partial charge is 0.128 e. The molecule has 0 aromatic carbocycles. The van der Waals surface area contributed by atoms with Crippen LogP contribution in [0.3, 0.4) is 0 Å². The average molecular weight is 281 g/mol. The maximum Gasteiger partial charge on any atom is 0.128 e. The molecule has 0 amide bonds. The zero-order chi connectivity index (χ0) is 13.7. The number of rotatable bonds is 5. The van der Waals surface area contributed by atoms with Gasteiger partial charge in [-0.1, -0.05) is 19.9 Å². The van der Waals surface area contributed by atoms with Crippen LogP contribution in [0.4, 0.5) is 5.82 Å². The van der Waals surface area contributed by atoms with Crippen molar-refractivity contribution in [2.45, 2.75) is 20.4 Å². The summed E-state index contributed by atoms with van der Waals surface area (Å²) < 4.78 is 11.3. The van der Waals surface area contributed by atoms with Gasteiger partial charge in [-0.25, -0.2) is 4.98 Å². The van der Waals surface area contributed by atoms with Crippen molar-refractivity contribution in [3.8, 4) is 0 Å². The van der Waals surface area contributed by atoms with Crippen LogP contribution in [-0.4, -0.2) is 40.3 Å². The molecular formula is C14H23N3OS. The van der Waals surface area contributed by atoms with Crippen LogP contribution in [0.1, 0.15) is 19.4 Å². The third-order valence-corrected chi connectivity index (χ3v) is 4.47. The Morgan fingerprint density at radius 1 is 1.37 bits per heavy atom. The largest absolute Gasteiger partial charge is 0.355 e. The molecular weight excluding hydrogens is 258 g/mol. The van der Waals surface area contributed by atoms with Gasteiger partial charge in [0.05, 0.1) is 0 Å². The van der Waals surface area contributed by atoms with E-state index in [4.69, 9.17) is 0 Å². The van der Waals surface area contributed by atoms with Crippen LogP contribution in [0.5, 0.6) is 0 Å². The first-order valence-electron chi connectivity index (χ1n) is 6.90. The molecule has 1 saturated heterocycles. The summed E-state index contributed by atoms with van der Waals surface area (Å²) >= 11 is 0. The molecule has 4 nitrogen and oxygen atoms in total. The van der Waals surface area contributed by atoms with Gasteiger partial charge in [0.25, 0.3) is 0 Å². The molecule has 0 radical (unpaired) electrons. The molecule has 0 spiro atoms. The monoisotopic (exact) mass is 281 g/mol. The van der Waals surface area contributed by atoms with E-state index in [0.29, 0.717) is 5.92 Å². The lowest BCUT2D eigenvalue weighted by Crippen LogP contribution is -2.38. The molecule has 1 aliphatic rings. The van der Waals surface area contributed by atoms with Gasteiger partial charge < -0.3 is 10.2 Å². The zero-order valence-corrected chi connectivity index (χ0v) is 12.6. The first-order valence-corrected chi connectivity index (χ1v) is 8.39. The Bertz CT molecular complexity index is 409. The summed E-state index contributed by atoms with van der Waals surface area (Å²) in [5, 5.41) is 3.41. The standard InChI is InChI=1S/C14H23N3OS/c1-12(2)9-15-10-13-3-4-14(16-11-13)17-5-7-19(18)8-6-17/h3-4,11-12,15H,5-10H2,1-2H3. The van der Waals surface area contributed by atoms with Crippen LogP contribution in [0.15, 0.2) is 18.3 Å². The van der Waals surface area contributed by atoms with Crippen LogP contribution in [0, 0.1) is 5.92 Å².